The number of hydrogen-bond donors (Lipinski definition) is 0. The summed E-state index contributed by atoms with van der Waals surface area (Å²) in [7, 11) is 0. The largest absolute Gasteiger partial charge is 0.298 e. The van der Waals surface area contributed by atoms with Crippen LogP contribution < -0.4 is 0 Å². The Morgan fingerprint density at radius 1 is 0.906 bits per heavy atom. The van der Waals surface area contributed by atoms with Gasteiger partial charge in [-0.1, -0.05) is 0 Å². The van der Waals surface area contributed by atoms with E-state index in [1.165, 1.54) is 66.3 Å². The van der Waals surface area contributed by atoms with Crippen LogP contribution in [0, 0.1) is 11.6 Å². The normalized spacial score (nSPS) is 12.1. The van der Waals surface area contributed by atoms with E-state index in [0.717, 1.165) is 0 Å². The number of fused-ring (bicyclic) bond motifs is 1. The lowest BCUT2D eigenvalue weighted by molar-refractivity contribution is -0.117. The molecular weight excluding hydrogens is 410 g/mol. The van der Waals surface area contributed by atoms with Crippen LogP contribution in [0.3, 0.4) is 0 Å². The second kappa shape index (κ2) is 9.60. The van der Waals surface area contributed by atoms with Crippen LogP contribution in [-0.2, 0) is 24.2 Å². The Hall–Kier alpha value is -3.74. The summed E-state index contributed by atoms with van der Waals surface area (Å²) in [5.41, 5.74) is 4.24. The van der Waals surface area contributed by atoms with Gasteiger partial charge in [-0.2, -0.15) is 0 Å². The van der Waals surface area contributed by atoms with Gasteiger partial charge < -0.3 is 0 Å². The number of carbonyl (C=O) groups is 1. The van der Waals surface area contributed by atoms with Gasteiger partial charge in [-0.05, 0) is 91.9 Å². The maximum Gasteiger partial charge on any atom is 0.181 e. The average molecular weight is 432 g/mol. The number of hydrogen-bond acceptors (Lipinski definition) is 4. The first-order valence-corrected chi connectivity index (χ1v) is 10.4. The van der Waals surface area contributed by atoms with E-state index in [1.807, 2.05) is 12.4 Å². The lowest BCUT2D eigenvalue weighted by Gasteiger charge is -2.03. The van der Waals surface area contributed by atoms with Crippen LogP contribution in [0.5, 0.6) is 0 Å². The molecule has 32 heavy (non-hydrogen) atoms. The molecule has 0 spiro atoms. The number of carbonyl (C=O) groups excluding carboxylic acids is 1. The van der Waals surface area contributed by atoms with Gasteiger partial charge in [-0.25, -0.2) is 18.4 Å². The Morgan fingerprint density at radius 3 is 2.16 bits per heavy atom. The lowest BCUT2D eigenvalue weighted by Crippen LogP contribution is -2.09. The van der Waals surface area contributed by atoms with Crippen LogP contribution in [0.1, 0.15) is 24.5 Å². The molecule has 7 heteroatoms. The van der Waals surface area contributed by atoms with Crippen molar-refractivity contribution in [2.45, 2.75) is 32.7 Å². The minimum Gasteiger partial charge on any atom is -0.298 e. The van der Waals surface area contributed by atoms with Gasteiger partial charge in [-0.3, -0.25) is 9.78 Å². The third kappa shape index (κ3) is 5.11. The molecular formula is C25H22F2N4O. The molecule has 0 amide bonds. The number of nitrogens with zero attached hydrogens (tertiary/aromatic N) is 4. The summed E-state index contributed by atoms with van der Waals surface area (Å²) in [4.78, 5) is 19.9. The van der Waals surface area contributed by atoms with E-state index in [4.69, 9.17) is 0 Å². The molecule has 2 aromatic carbocycles. The zero-order valence-corrected chi connectivity index (χ0v) is 17.6. The van der Waals surface area contributed by atoms with E-state index in [-0.39, 0.29) is 24.0 Å². The fraction of sp³-hybridized carbons (Fsp3) is 0.200. The van der Waals surface area contributed by atoms with Gasteiger partial charge >= 0.3 is 0 Å². The summed E-state index contributed by atoms with van der Waals surface area (Å²) in [5.74, 6) is 0.0508. The number of rotatable bonds is 4. The summed E-state index contributed by atoms with van der Waals surface area (Å²) in [6.45, 7) is 1.51. The van der Waals surface area contributed by atoms with Gasteiger partial charge in [0.2, 0.25) is 0 Å². The number of Topliss-reactive ketones (excluding diaryl/α,β-unsaturated/α-hetero) is 1. The Bertz CT molecular complexity index is 1190. The van der Waals surface area contributed by atoms with E-state index >= 15 is 0 Å². The molecule has 0 radical (unpaired) electrons. The quantitative estimate of drug-likeness (QED) is 0.453. The summed E-state index contributed by atoms with van der Waals surface area (Å²) in [6, 6.07) is 13.7. The van der Waals surface area contributed by atoms with Crippen molar-refractivity contribution >= 4 is 5.78 Å². The summed E-state index contributed by atoms with van der Waals surface area (Å²) >= 11 is 0. The Morgan fingerprint density at radius 2 is 1.53 bits per heavy atom. The van der Waals surface area contributed by atoms with Gasteiger partial charge in [-0.15, -0.1) is 5.10 Å². The summed E-state index contributed by atoms with van der Waals surface area (Å²) in [6.07, 6.45) is 7.69. The van der Waals surface area contributed by atoms with Crippen LogP contribution in [-0.4, -0.2) is 25.5 Å². The third-order valence-electron chi connectivity index (χ3n) is 5.15. The lowest BCUT2D eigenvalue weighted by atomic mass is 10.2. The number of halogens is 2. The molecule has 5 nitrogen and oxygen atoms in total. The number of aryl methyl sites for hydroxylation is 2. The molecule has 0 atom stereocenters. The van der Waals surface area contributed by atoms with E-state index in [0.29, 0.717) is 22.8 Å². The van der Waals surface area contributed by atoms with Crippen molar-refractivity contribution in [1.82, 2.24) is 19.7 Å². The van der Waals surface area contributed by atoms with Crippen LogP contribution in [0.15, 0.2) is 67.0 Å². The minimum atomic E-state index is -0.356. The Kier molecular flexibility index (Phi) is 6.44. The van der Waals surface area contributed by atoms with Crippen molar-refractivity contribution in [2.75, 3.05) is 0 Å². The van der Waals surface area contributed by atoms with E-state index < -0.39 is 0 Å². The fourth-order valence-corrected chi connectivity index (χ4v) is 3.59. The van der Waals surface area contributed by atoms with Crippen LogP contribution in [0.2, 0.25) is 0 Å². The number of ketones is 1. The second-order valence-electron chi connectivity index (χ2n) is 7.63. The average Bonchev–Trinajstić information content (AvgIpc) is 3.42. The highest BCUT2D eigenvalue weighted by molar-refractivity contribution is 5.76. The summed E-state index contributed by atoms with van der Waals surface area (Å²) in [5, 5.41) is 4.32. The predicted molar refractivity (Wildman–Crippen MR) is 118 cm³/mol. The molecule has 2 aromatic heterocycles. The monoisotopic (exact) mass is 432 g/mol. The SMILES string of the molecule is CC(=O)Cn1nc(-c2ccc(F)cc2)nc1-c1ccc(F)cc1.c1cc2c(cn1)CCC2. The summed E-state index contributed by atoms with van der Waals surface area (Å²) < 4.78 is 27.6. The van der Waals surface area contributed by atoms with Gasteiger partial charge in [0.05, 0.1) is 0 Å². The third-order valence-corrected chi connectivity index (χ3v) is 5.15. The number of benzene rings is 2. The molecule has 1 aliphatic rings. The van der Waals surface area contributed by atoms with Crippen molar-refractivity contribution in [3.63, 3.8) is 0 Å². The maximum absolute atomic E-state index is 13.1. The second-order valence-corrected chi connectivity index (χ2v) is 7.63. The first kappa shape index (κ1) is 21.5. The first-order chi connectivity index (χ1) is 15.5. The standard InChI is InChI=1S/C17H13F2N3O.C8H9N/c1-11(23)10-22-17(13-4-8-15(19)9-5-13)20-16(21-22)12-2-6-14(18)7-3-12;1-2-7-4-5-9-6-8(7)3-1/h2-9H,10H2,1H3;4-6H,1-3H2. The van der Waals surface area contributed by atoms with E-state index in [2.05, 4.69) is 21.1 Å². The molecule has 4 aromatic rings. The topological polar surface area (TPSA) is 60.7 Å². The van der Waals surface area contributed by atoms with E-state index in [1.54, 1.807) is 24.3 Å². The number of pyridine rings is 1. The molecule has 5 rings (SSSR count). The Balaban J connectivity index is 0.000000225. The van der Waals surface area contributed by atoms with Crippen molar-refractivity contribution in [3.05, 3.63) is 89.8 Å². The zero-order valence-electron chi connectivity index (χ0n) is 17.6. The zero-order chi connectivity index (χ0) is 22.5. The molecule has 2 heterocycles. The number of aromatic nitrogens is 4. The van der Waals surface area contributed by atoms with Gasteiger partial charge in [0.1, 0.15) is 18.2 Å². The van der Waals surface area contributed by atoms with E-state index in [9.17, 15) is 13.6 Å². The van der Waals surface area contributed by atoms with Crippen molar-refractivity contribution in [1.29, 1.82) is 0 Å². The molecule has 0 aliphatic heterocycles. The van der Waals surface area contributed by atoms with Gasteiger partial charge in [0, 0.05) is 23.5 Å². The van der Waals surface area contributed by atoms with Crippen molar-refractivity contribution < 1.29 is 13.6 Å². The molecule has 0 unspecified atom stereocenters. The van der Waals surface area contributed by atoms with Crippen LogP contribution >= 0.6 is 0 Å². The van der Waals surface area contributed by atoms with Crippen molar-refractivity contribution in [3.8, 4) is 22.8 Å². The fourth-order valence-electron chi connectivity index (χ4n) is 3.59. The highest BCUT2D eigenvalue weighted by Crippen LogP contribution is 2.23. The molecule has 0 N–H and O–H groups in total. The Labute approximate surface area is 184 Å². The predicted octanol–water partition coefficient (Wildman–Crippen LogP) is 5.05. The maximum atomic E-state index is 13.1. The smallest absolute Gasteiger partial charge is 0.181 e. The molecule has 0 fully saturated rings. The molecule has 162 valence electrons. The van der Waals surface area contributed by atoms with Crippen LogP contribution in [0.4, 0.5) is 8.78 Å². The molecule has 1 aliphatic carbocycles. The first-order valence-electron chi connectivity index (χ1n) is 10.4. The minimum absolute atomic E-state index is 0.0565. The van der Waals surface area contributed by atoms with Crippen molar-refractivity contribution in [2.24, 2.45) is 0 Å². The molecule has 0 bridgehead atoms. The molecule has 0 saturated heterocycles. The van der Waals surface area contributed by atoms with Crippen LogP contribution in [0.25, 0.3) is 22.8 Å². The highest BCUT2D eigenvalue weighted by Gasteiger charge is 2.15. The van der Waals surface area contributed by atoms with Gasteiger partial charge in [0.15, 0.2) is 17.4 Å². The highest BCUT2D eigenvalue weighted by atomic mass is 19.1. The molecule has 0 saturated carbocycles. The van der Waals surface area contributed by atoms with Gasteiger partial charge in [0.25, 0.3) is 0 Å².